The maximum atomic E-state index is 10.5. The number of carboxylic acid groups (broad SMARTS) is 1. The number of aromatic carboxylic acids is 1. The average molecular weight is 385 g/mol. The number of benzene rings is 1. The first-order valence-electron chi connectivity index (χ1n) is 5.22. The topological polar surface area (TPSA) is 107 Å². The van der Waals surface area contributed by atoms with E-state index in [1.54, 1.807) is 20.8 Å². The Balaban J connectivity index is 0. The second-order valence-corrected chi connectivity index (χ2v) is 5.35. The number of hydrogen-bond acceptors (Lipinski definition) is 5. The van der Waals surface area contributed by atoms with Gasteiger partial charge in [0.15, 0.2) is 5.69 Å². The summed E-state index contributed by atoms with van der Waals surface area (Å²) in [6, 6.07) is 4.74. The maximum Gasteiger partial charge on any atom is 1.00 e. The van der Waals surface area contributed by atoms with Crippen LogP contribution >= 0.6 is 15.9 Å². The van der Waals surface area contributed by atoms with Crippen molar-refractivity contribution in [2.75, 3.05) is 0 Å². The van der Waals surface area contributed by atoms with Crippen molar-refractivity contribution in [3.63, 3.8) is 0 Å². The molecule has 0 fully saturated rings. The molecule has 0 bridgehead atoms. The third kappa shape index (κ3) is 10.1. The second kappa shape index (κ2) is 10.4. The number of carboxylic acids is 1. The second-order valence-electron chi connectivity index (χ2n) is 4.44. The Bertz CT molecular complexity index is 515. The molecule has 110 valence electrons. The molecule has 0 spiro atoms. The third-order valence-electron chi connectivity index (χ3n) is 1.64. The van der Waals surface area contributed by atoms with Gasteiger partial charge in [0.1, 0.15) is 0 Å². The summed E-state index contributed by atoms with van der Waals surface area (Å²) in [6.07, 6.45) is 0. The predicted octanol–water partition coefficient (Wildman–Crippen LogP) is -0.272. The van der Waals surface area contributed by atoms with Crippen LogP contribution in [-0.4, -0.2) is 28.1 Å². The predicted molar refractivity (Wildman–Crippen MR) is 73.1 cm³/mol. The molecule has 9 heteroatoms. The van der Waals surface area contributed by atoms with Crippen LogP contribution in [0.5, 0.6) is 0 Å². The summed E-state index contributed by atoms with van der Waals surface area (Å²) in [5, 5.41) is 18.9. The normalized spacial score (nSPS) is 9.52. The standard InChI is InChI=1S/C7H3BrNO4.C5H9O2.K/c8-4-1-2-5(7(10)11)6(3-4)9(12)13;1-5(2,3)7-4-6;/h1,3H,(H,10,11);1-3H3;/q2*-1;+1. The van der Waals surface area contributed by atoms with Gasteiger partial charge in [-0.15, -0.1) is 28.1 Å². The number of hydrogen-bond donors (Lipinski definition) is 1. The molecule has 0 saturated carbocycles. The van der Waals surface area contributed by atoms with E-state index >= 15 is 0 Å². The first-order chi connectivity index (χ1) is 9.08. The Hall–Kier alpha value is -0.324. The largest absolute Gasteiger partial charge is 1.00 e. The van der Waals surface area contributed by atoms with Crippen LogP contribution in [0.15, 0.2) is 16.6 Å². The minimum atomic E-state index is -1.36. The van der Waals surface area contributed by atoms with E-state index in [1.165, 1.54) is 12.5 Å². The zero-order chi connectivity index (χ0) is 15.9. The number of ether oxygens (including phenoxy) is 1. The van der Waals surface area contributed by atoms with Crippen molar-refractivity contribution in [1.29, 1.82) is 0 Å². The Morgan fingerprint density at radius 1 is 1.52 bits per heavy atom. The summed E-state index contributed by atoms with van der Waals surface area (Å²) < 4.78 is 4.84. The molecule has 7 nitrogen and oxygen atoms in total. The minimum absolute atomic E-state index is 0. The van der Waals surface area contributed by atoms with Gasteiger partial charge >= 0.3 is 51.4 Å². The number of nitro groups is 1. The molecule has 0 radical (unpaired) electrons. The van der Waals surface area contributed by atoms with E-state index in [0.717, 1.165) is 6.07 Å². The van der Waals surface area contributed by atoms with E-state index in [9.17, 15) is 19.7 Å². The molecule has 0 heterocycles. The van der Waals surface area contributed by atoms with Crippen LogP contribution in [0.4, 0.5) is 5.69 Å². The Kier molecular flexibility index (Phi) is 11.4. The van der Waals surface area contributed by atoms with Crippen molar-refractivity contribution < 1.29 is 75.7 Å². The van der Waals surface area contributed by atoms with Crippen LogP contribution in [0.25, 0.3) is 0 Å². The van der Waals surface area contributed by atoms with Gasteiger partial charge in [0.25, 0.3) is 5.97 Å². The summed E-state index contributed by atoms with van der Waals surface area (Å²) in [4.78, 5) is 29.6. The molecule has 0 aliphatic rings. The van der Waals surface area contributed by atoms with Crippen LogP contribution < -0.4 is 51.4 Å². The molecule has 0 saturated heterocycles. The van der Waals surface area contributed by atoms with E-state index < -0.39 is 22.1 Å². The van der Waals surface area contributed by atoms with Gasteiger partial charge in [-0.2, -0.15) is 0 Å². The van der Waals surface area contributed by atoms with Crippen LogP contribution in [0, 0.1) is 16.2 Å². The van der Waals surface area contributed by atoms with Crippen molar-refractivity contribution in [2.24, 2.45) is 0 Å². The first-order valence-corrected chi connectivity index (χ1v) is 6.02. The third-order valence-corrected chi connectivity index (χ3v) is 2.10. The molecule has 0 amide bonds. The molecule has 0 aromatic heterocycles. The van der Waals surface area contributed by atoms with E-state index in [2.05, 4.69) is 26.7 Å². The summed E-state index contributed by atoms with van der Waals surface area (Å²) >= 11 is 2.99. The van der Waals surface area contributed by atoms with Gasteiger partial charge < -0.3 is 19.4 Å². The Morgan fingerprint density at radius 3 is 2.33 bits per heavy atom. The van der Waals surface area contributed by atoms with Gasteiger partial charge in [0.05, 0.1) is 5.60 Å². The minimum Gasteiger partial charge on any atom is -0.649 e. The summed E-state index contributed by atoms with van der Waals surface area (Å²) in [7, 11) is 0. The maximum absolute atomic E-state index is 10.5. The van der Waals surface area contributed by atoms with Crippen molar-refractivity contribution in [3.05, 3.63) is 38.3 Å². The van der Waals surface area contributed by atoms with Crippen molar-refractivity contribution in [1.82, 2.24) is 0 Å². The van der Waals surface area contributed by atoms with Gasteiger partial charge in [-0.3, -0.25) is 10.1 Å². The van der Waals surface area contributed by atoms with Crippen molar-refractivity contribution in [2.45, 2.75) is 26.4 Å². The fourth-order valence-corrected chi connectivity index (χ4v) is 1.23. The molecule has 21 heavy (non-hydrogen) atoms. The van der Waals surface area contributed by atoms with E-state index in [4.69, 9.17) is 5.11 Å². The van der Waals surface area contributed by atoms with Gasteiger partial charge in [-0.05, 0) is 20.8 Å². The summed E-state index contributed by atoms with van der Waals surface area (Å²) in [5.41, 5.74) is -1.28. The molecular weight excluding hydrogens is 373 g/mol. The van der Waals surface area contributed by atoms with Gasteiger partial charge in [-0.1, -0.05) is 17.0 Å². The number of halogens is 1. The average Bonchev–Trinajstić information content (AvgIpc) is 2.27. The zero-order valence-corrected chi connectivity index (χ0v) is 16.7. The van der Waals surface area contributed by atoms with Gasteiger partial charge in [-0.25, -0.2) is 0 Å². The molecule has 1 aromatic carbocycles. The van der Waals surface area contributed by atoms with E-state index in [-0.39, 0.29) is 57.0 Å². The van der Waals surface area contributed by atoms with Crippen LogP contribution in [-0.2, 0) is 9.53 Å². The molecule has 0 aliphatic carbocycles. The monoisotopic (exact) mass is 384 g/mol. The fraction of sp³-hybridized carbons (Fsp3) is 0.333. The van der Waals surface area contributed by atoms with Gasteiger partial charge in [0.2, 0.25) is 0 Å². The molecule has 1 N–H and O–H groups in total. The number of nitrogens with zero attached hydrogens (tertiary/aromatic N) is 1. The zero-order valence-electron chi connectivity index (χ0n) is 12.0. The molecule has 0 atom stereocenters. The first kappa shape index (κ1) is 22.9. The summed E-state index contributed by atoms with van der Waals surface area (Å²) in [5.74, 6) is -1.36. The van der Waals surface area contributed by atoms with Crippen molar-refractivity contribution in [3.8, 4) is 0 Å². The number of carbonyl (C=O) groups excluding carboxylic acids is 1. The quantitative estimate of drug-likeness (QED) is 0.332. The molecule has 0 aliphatic heterocycles. The number of carbonyl (C=O) groups is 1. The van der Waals surface area contributed by atoms with Crippen LogP contribution in [0.1, 0.15) is 31.1 Å². The smallest absolute Gasteiger partial charge is 0.649 e. The van der Waals surface area contributed by atoms with Crippen LogP contribution in [0.2, 0.25) is 0 Å². The van der Waals surface area contributed by atoms with Crippen molar-refractivity contribution >= 4 is 34.1 Å². The molecule has 0 unspecified atom stereocenters. The fourth-order valence-electron chi connectivity index (χ4n) is 0.900. The summed E-state index contributed by atoms with van der Waals surface area (Å²) in [6.45, 7) is 6.73. The molecular formula is C12H12BrKNO6-. The molecule has 1 rings (SSSR count). The number of nitro benzene ring substituents is 1. The SMILES string of the molecule is CC(C)(C)O[C-]=O.O=C(O)c1[c-]cc(Br)cc1[N+](=O)[O-].[K+]. The van der Waals surface area contributed by atoms with E-state index in [0.29, 0.717) is 4.47 Å². The van der Waals surface area contributed by atoms with E-state index in [1.807, 2.05) is 0 Å². The number of rotatable bonds is 3. The van der Waals surface area contributed by atoms with Gasteiger partial charge in [0, 0.05) is 10.5 Å². The Labute approximate surface area is 172 Å². The molecule has 1 aromatic rings. The Morgan fingerprint density at radius 2 is 2.05 bits per heavy atom. The van der Waals surface area contributed by atoms with Crippen LogP contribution in [0.3, 0.4) is 0 Å².